The summed E-state index contributed by atoms with van der Waals surface area (Å²) in [5.41, 5.74) is 0.739. The third-order valence-electron chi connectivity index (χ3n) is 3.98. The molecule has 1 N–H and O–H groups in total. The van der Waals surface area contributed by atoms with Crippen LogP contribution in [0.5, 0.6) is 5.75 Å². The summed E-state index contributed by atoms with van der Waals surface area (Å²) in [6.45, 7) is 7.76. The maximum atomic E-state index is 12.0. The summed E-state index contributed by atoms with van der Waals surface area (Å²) in [6, 6.07) is 6.67. The van der Waals surface area contributed by atoms with Gasteiger partial charge in [0.15, 0.2) is 0 Å². The molecule has 126 valence electrons. The second-order valence-corrected chi connectivity index (χ2v) is 8.04. The molecule has 1 amide bonds. The van der Waals surface area contributed by atoms with E-state index < -0.39 is 5.60 Å². The van der Waals surface area contributed by atoms with Gasteiger partial charge < -0.3 is 19.7 Å². The summed E-state index contributed by atoms with van der Waals surface area (Å²) in [5, 5.41) is 3.64. The molecule has 5 nitrogen and oxygen atoms in total. The number of fused-ring (bicyclic) bond motifs is 1. The monoisotopic (exact) mass is 382 g/mol. The molecule has 2 aliphatic rings. The normalized spacial score (nSPS) is 21.2. The van der Waals surface area contributed by atoms with Crippen molar-refractivity contribution in [1.29, 1.82) is 0 Å². The predicted octanol–water partition coefficient (Wildman–Crippen LogP) is 3.48. The minimum Gasteiger partial charge on any atom is -0.493 e. The molecule has 0 aliphatic carbocycles. The van der Waals surface area contributed by atoms with E-state index in [9.17, 15) is 4.79 Å². The Balaban J connectivity index is 1.55. The van der Waals surface area contributed by atoms with Gasteiger partial charge in [0.25, 0.3) is 0 Å². The van der Waals surface area contributed by atoms with Gasteiger partial charge in [0.2, 0.25) is 0 Å². The second kappa shape index (κ2) is 6.32. The number of hydrogen-bond donors (Lipinski definition) is 1. The lowest BCUT2D eigenvalue weighted by atomic mass is 9.98. The molecule has 3 rings (SSSR count). The predicted molar refractivity (Wildman–Crippen MR) is 91.7 cm³/mol. The van der Waals surface area contributed by atoms with Gasteiger partial charge in [-0.3, -0.25) is 0 Å². The van der Waals surface area contributed by atoms with Crippen molar-refractivity contribution in [3.05, 3.63) is 28.2 Å². The highest BCUT2D eigenvalue weighted by molar-refractivity contribution is 9.10. The Kier molecular flexibility index (Phi) is 4.56. The first-order chi connectivity index (χ1) is 10.8. The van der Waals surface area contributed by atoms with Gasteiger partial charge in [0.05, 0.1) is 6.61 Å². The van der Waals surface area contributed by atoms with Gasteiger partial charge in [-0.15, -0.1) is 0 Å². The van der Waals surface area contributed by atoms with Crippen molar-refractivity contribution in [2.45, 2.75) is 44.9 Å². The number of nitrogens with one attached hydrogen (secondary N) is 1. The highest BCUT2D eigenvalue weighted by atomic mass is 79.9. The number of rotatable bonds is 2. The summed E-state index contributed by atoms with van der Waals surface area (Å²) in [5.74, 6) is 0.945. The van der Waals surface area contributed by atoms with Gasteiger partial charge in [-0.05, 0) is 39.0 Å². The fourth-order valence-corrected chi connectivity index (χ4v) is 3.26. The molecule has 1 atom stereocenters. The number of ether oxygens (including phenoxy) is 2. The zero-order valence-corrected chi connectivity index (χ0v) is 15.4. The molecule has 6 heteroatoms. The van der Waals surface area contributed by atoms with E-state index in [1.165, 1.54) is 5.56 Å². The van der Waals surface area contributed by atoms with Crippen LogP contribution in [0.25, 0.3) is 0 Å². The van der Waals surface area contributed by atoms with Crippen molar-refractivity contribution >= 4 is 22.0 Å². The van der Waals surface area contributed by atoms with Gasteiger partial charge in [0.1, 0.15) is 11.4 Å². The molecule has 0 radical (unpaired) electrons. The van der Waals surface area contributed by atoms with Crippen molar-refractivity contribution in [3.63, 3.8) is 0 Å². The van der Waals surface area contributed by atoms with E-state index in [1.54, 1.807) is 4.90 Å². The van der Waals surface area contributed by atoms with Crippen LogP contribution >= 0.6 is 15.9 Å². The topological polar surface area (TPSA) is 50.8 Å². The smallest absolute Gasteiger partial charge is 0.410 e. The molecule has 2 aliphatic heterocycles. The largest absolute Gasteiger partial charge is 0.493 e. The minimum absolute atomic E-state index is 0.231. The van der Waals surface area contributed by atoms with Crippen LogP contribution in [-0.2, 0) is 4.74 Å². The van der Waals surface area contributed by atoms with E-state index in [1.807, 2.05) is 32.9 Å². The first-order valence-corrected chi connectivity index (χ1v) is 8.77. The standard InChI is InChI=1S/C17H23BrN2O3/c1-17(2,3)23-16(21)20-9-12(10-20)19-14-6-7-22-15-5-4-11(18)8-13(14)15/h4-5,8,12,14,19H,6-7,9-10H2,1-3H3. The Bertz CT molecular complexity index is 594. The van der Waals surface area contributed by atoms with Crippen LogP contribution in [0.2, 0.25) is 0 Å². The first kappa shape index (κ1) is 16.6. The van der Waals surface area contributed by atoms with Crippen molar-refractivity contribution in [3.8, 4) is 5.75 Å². The molecule has 1 aromatic rings. The number of amides is 1. The number of nitrogens with zero attached hydrogens (tertiary/aromatic N) is 1. The molecule has 0 saturated carbocycles. The first-order valence-electron chi connectivity index (χ1n) is 7.98. The van der Waals surface area contributed by atoms with E-state index in [0.29, 0.717) is 19.1 Å². The van der Waals surface area contributed by atoms with Crippen molar-refractivity contribution < 1.29 is 14.3 Å². The van der Waals surface area contributed by atoms with Gasteiger partial charge in [-0.2, -0.15) is 0 Å². The average Bonchev–Trinajstić information content (AvgIpc) is 2.40. The Labute approximate surface area is 145 Å². The summed E-state index contributed by atoms with van der Waals surface area (Å²) >= 11 is 3.52. The van der Waals surface area contributed by atoms with Gasteiger partial charge >= 0.3 is 6.09 Å². The quantitative estimate of drug-likeness (QED) is 0.850. The number of carbonyl (C=O) groups is 1. The lowest BCUT2D eigenvalue weighted by Gasteiger charge is -2.42. The van der Waals surface area contributed by atoms with E-state index >= 15 is 0 Å². The zero-order chi connectivity index (χ0) is 16.6. The Morgan fingerprint density at radius 1 is 1.39 bits per heavy atom. The maximum Gasteiger partial charge on any atom is 0.410 e. The van der Waals surface area contributed by atoms with Gasteiger partial charge in [-0.25, -0.2) is 4.79 Å². The van der Waals surface area contributed by atoms with Crippen LogP contribution in [0.4, 0.5) is 4.79 Å². The van der Waals surface area contributed by atoms with E-state index in [-0.39, 0.29) is 12.1 Å². The molecule has 0 aromatic heterocycles. The number of hydrogen-bond acceptors (Lipinski definition) is 4. The minimum atomic E-state index is -0.443. The SMILES string of the molecule is CC(C)(C)OC(=O)N1CC(NC2CCOc3ccc(Br)cc32)C1. The van der Waals surface area contributed by atoms with E-state index in [0.717, 1.165) is 23.2 Å². The average molecular weight is 383 g/mol. The van der Waals surface area contributed by atoms with Crippen LogP contribution in [0, 0.1) is 0 Å². The number of benzene rings is 1. The molecular weight excluding hydrogens is 360 g/mol. The number of likely N-dealkylation sites (tertiary alicyclic amines) is 1. The molecular formula is C17H23BrN2O3. The Morgan fingerprint density at radius 3 is 2.83 bits per heavy atom. The molecule has 23 heavy (non-hydrogen) atoms. The van der Waals surface area contributed by atoms with E-state index in [4.69, 9.17) is 9.47 Å². The summed E-state index contributed by atoms with van der Waals surface area (Å²) in [4.78, 5) is 13.7. The summed E-state index contributed by atoms with van der Waals surface area (Å²) in [7, 11) is 0. The fraction of sp³-hybridized carbons (Fsp3) is 0.588. The fourth-order valence-electron chi connectivity index (χ4n) is 2.88. The van der Waals surface area contributed by atoms with Crippen molar-refractivity contribution in [2.24, 2.45) is 0 Å². The molecule has 1 saturated heterocycles. The molecule has 0 bridgehead atoms. The number of halogens is 1. The zero-order valence-electron chi connectivity index (χ0n) is 13.8. The molecule has 0 spiro atoms. The van der Waals surface area contributed by atoms with Crippen molar-refractivity contribution in [1.82, 2.24) is 10.2 Å². The van der Waals surface area contributed by atoms with Crippen LogP contribution in [0.15, 0.2) is 22.7 Å². The lowest BCUT2D eigenvalue weighted by Crippen LogP contribution is -2.61. The highest BCUT2D eigenvalue weighted by Crippen LogP contribution is 2.34. The molecule has 2 heterocycles. The summed E-state index contributed by atoms with van der Waals surface area (Å²) < 4.78 is 12.1. The third-order valence-corrected chi connectivity index (χ3v) is 4.47. The second-order valence-electron chi connectivity index (χ2n) is 7.12. The number of carbonyl (C=O) groups excluding carboxylic acids is 1. The highest BCUT2D eigenvalue weighted by Gasteiger charge is 2.35. The van der Waals surface area contributed by atoms with Crippen LogP contribution in [-0.4, -0.2) is 42.3 Å². The van der Waals surface area contributed by atoms with Crippen LogP contribution in [0.1, 0.15) is 38.8 Å². The maximum absolute atomic E-state index is 12.0. The molecule has 1 unspecified atom stereocenters. The van der Waals surface area contributed by atoms with Gasteiger partial charge in [0, 0.05) is 41.6 Å². The van der Waals surface area contributed by atoms with Crippen LogP contribution < -0.4 is 10.1 Å². The third kappa shape index (κ3) is 3.98. The van der Waals surface area contributed by atoms with Gasteiger partial charge in [-0.1, -0.05) is 15.9 Å². The Hall–Kier alpha value is -1.27. The molecule has 1 aromatic carbocycles. The van der Waals surface area contributed by atoms with Crippen LogP contribution in [0.3, 0.4) is 0 Å². The summed E-state index contributed by atoms with van der Waals surface area (Å²) in [6.07, 6.45) is 0.706. The van der Waals surface area contributed by atoms with E-state index in [2.05, 4.69) is 27.3 Å². The molecule has 1 fully saturated rings. The lowest BCUT2D eigenvalue weighted by molar-refractivity contribution is 0.00356. The van der Waals surface area contributed by atoms with Crippen molar-refractivity contribution in [2.75, 3.05) is 19.7 Å². The Morgan fingerprint density at radius 2 is 2.13 bits per heavy atom.